The molecule has 0 radical (unpaired) electrons. The Balaban J connectivity index is 2.43. The molecule has 2 nitrogen and oxygen atoms in total. The van der Waals surface area contributed by atoms with Crippen LogP contribution >= 0.6 is 0 Å². The van der Waals surface area contributed by atoms with E-state index in [9.17, 15) is 4.79 Å². The molecular weight excluding hydrogens is 188 g/mol. The zero-order valence-corrected chi connectivity index (χ0v) is 9.87. The van der Waals surface area contributed by atoms with E-state index in [4.69, 9.17) is 5.11 Å². The number of hydrogen-bond acceptors (Lipinski definition) is 1. The Morgan fingerprint density at radius 2 is 1.87 bits per heavy atom. The van der Waals surface area contributed by atoms with Gasteiger partial charge in [0.25, 0.3) is 0 Å². The minimum absolute atomic E-state index is 0.0672. The van der Waals surface area contributed by atoms with Crippen LogP contribution in [0.2, 0.25) is 0 Å². The molecule has 2 atom stereocenters. The Morgan fingerprint density at radius 3 is 2.53 bits per heavy atom. The maximum atomic E-state index is 11.0. The number of hydrogen-bond donors (Lipinski definition) is 1. The summed E-state index contributed by atoms with van der Waals surface area (Å²) >= 11 is 0. The number of carboxylic acid groups (broad SMARTS) is 1. The topological polar surface area (TPSA) is 37.3 Å². The standard InChI is InChI=1S/C13H24O2/c1-2-6-11-7-4-3-5-8-12(10-9-11)13(14)15/h11-12H,2-10H2,1H3,(H,14,15). The second-order valence-corrected chi connectivity index (χ2v) is 4.91. The van der Waals surface area contributed by atoms with Gasteiger partial charge in [-0.05, 0) is 25.2 Å². The van der Waals surface area contributed by atoms with Crippen molar-refractivity contribution >= 4 is 5.97 Å². The fourth-order valence-electron chi connectivity index (χ4n) is 2.67. The molecule has 0 aromatic heterocycles. The van der Waals surface area contributed by atoms with Gasteiger partial charge in [-0.3, -0.25) is 4.79 Å². The van der Waals surface area contributed by atoms with Crippen molar-refractivity contribution in [2.75, 3.05) is 0 Å². The van der Waals surface area contributed by atoms with Crippen LogP contribution in [0.15, 0.2) is 0 Å². The van der Waals surface area contributed by atoms with E-state index in [1.165, 1.54) is 32.1 Å². The van der Waals surface area contributed by atoms with E-state index in [-0.39, 0.29) is 5.92 Å². The molecular formula is C13H24O2. The van der Waals surface area contributed by atoms with Crippen molar-refractivity contribution in [1.82, 2.24) is 0 Å². The molecule has 1 aliphatic rings. The Kier molecular flexibility index (Phi) is 5.74. The van der Waals surface area contributed by atoms with Gasteiger partial charge < -0.3 is 5.11 Å². The largest absolute Gasteiger partial charge is 0.481 e. The first-order valence-corrected chi connectivity index (χ1v) is 6.46. The van der Waals surface area contributed by atoms with Crippen LogP contribution in [0.3, 0.4) is 0 Å². The summed E-state index contributed by atoms with van der Waals surface area (Å²) in [6.07, 6.45) is 10.4. The van der Waals surface area contributed by atoms with Gasteiger partial charge in [0.1, 0.15) is 0 Å². The molecule has 88 valence electrons. The van der Waals surface area contributed by atoms with Crippen LogP contribution in [0.25, 0.3) is 0 Å². The second kappa shape index (κ2) is 6.86. The number of rotatable bonds is 3. The molecule has 0 bridgehead atoms. The fraction of sp³-hybridized carbons (Fsp3) is 0.923. The summed E-state index contributed by atoms with van der Waals surface area (Å²) in [7, 11) is 0. The van der Waals surface area contributed by atoms with Gasteiger partial charge >= 0.3 is 5.97 Å². The van der Waals surface area contributed by atoms with E-state index in [1.807, 2.05) is 0 Å². The van der Waals surface area contributed by atoms with Crippen molar-refractivity contribution in [2.45, 2.75) is 64.7 Å². The lowest BCUT2D eigenvalue weighted by Crippen LogP contribution is -2.14. The van der Waals surface area contributed by atoms with Gasteiger partial charge in [-0.15, -0.1) is 0 Å². The molecule has 1 aliphatic carbocycles. The minimum atomic E-state index is -0.577. The number of carbonyl (C=O) groups is 1. The third-order valence-corrected chi connectivity index (χ3v) is 3.63. The van der Waals surface area contributed by atoms with Gasteiger partial charge in [0, 0.05) is 0 Å². The van der Waals surface area contributed by atoms with Crippen LogP contribution < -0.4 is 0 Å². The Morgan fingerprint density at radius 1 is 1.13 bits per heavy atom. The fourth-order valence-corrected chi connectivity index (χ4v) is 2.67. The highest BCUT2D eigenvalue weighted by molar-refractivity contribution is 5.69. The smallest absolute Gasteiger partial charge is 0.306 e. The zero-order valence-electron chi connectivity index (χ0n) is 9.87. The summed E-state index contributed by atoms with van der Waals surface area (Å²) in [5, 5.41) is 9.06. The van der Waals surface area contributed by atoms with Crippen LogP contribution in [0.4, 0.5) is 0 Å². The Labute approximate surface area is 93.1 Å². The first-order valence-electron chi connectivity index (χ1n) is 6.46. The van der Waals surface area contributed by atoms with E-state index in [2.05, 4.69) is 6.92 Å². The molecule has 0 heterocycles. The van der Waals surface area contributed by atoms with Crippen LogP contribution in [0, 0.1) is 11.8 Å². The number of carboxylic acids is 1. The maximum absolute atomic E-state index is 11.0. The van der Waals surface area contributed by atoms with Crippen LogP contribution in [-0.4, -0.2) is 11.1 Å². The van der Waals surface area contributed by atoms with Crippen LogP contribution in [0.5, 0.6) is 0 Å². The highest BCUT2D eigenvalue weighted by Crippen LogP contribution is 2.28. The van der Waals surface area contributed by atoms with Gasteiger partial charge in [0.15, 0.2) is 0 Å². The lowest BCUT2D eigenvalue weighted by atomic mass is 9.90. The predicted octanol–water partition coefficient (Wildman–Crippen LogP) is 3.85. The summed E-state index contributed by atoms with van der Waals surface area (Å²) in [4.78, 5) is 11.0. The van der Waals surface area contributed by atoms with Crippen LogP contribution in [0.1, 0.15) is 64.7 Å². The molecule has 0 aromatic carbocycles. The molecule has 15 heavy (non-hydrogen) atoms. The molecule has 1 N–H and O–H groups in total. The van der Waals surface area contributed by atoms with E-state index >= 15 is 0 Å². The van der Waals surface area contributed by atoms with Gasteiger partial charge in [-0.2, -0.15) is 0 Å². The third-order valence-electron chi connectivity index (χ3n) is 3.63. The van der Waals surface area contributed by atoms with Crippen molar-refractivity contribution in [3.8, 4) is 0 Å². The monoisotopic (exact) mass is 212 g/mol. The lowest BCUT2D eigenvalue weighted by Gasteiger charge is -2.16. The number of aliphatic carboxylic acids is 1. The van der Waals surface area contributed by atoms with Gasteiger partial charge in [0.2, 0.25) is 0 Å². The van der Waals surface area contributed by atoms with Crippen molar-refractivity contribution in [1.29, 1.82) is 0 Å². The quantitative estimate of drug-likeness (QED) is 0.771. The molecule has 0 amide bonds. The molecule has 0 spiro atoms. The predicted molar refractivity (Wildman–Crippen MR) is 61.8 cm³/mol. The van der Waals surface area contributed by atoms with E-state index in [0.29, 0.717) is 0 Å². The first-order chi connectivity index (χ1) is 7.24. The lowest BCUT2D eigenvalue weighted by molar-refractivity contribution is -0.142. The van der Waals surface area contributed by atoms with Gasteiger partial charge in [0.05, 0.1) is 5.92 Å². The molecule has 2 unspecified atom stereocenters. The highest BCUT2D eigenvalue weighted by Gasteiger charge is 2.20. The van der Waals surface area contributed by atoms with Crippen LogP contribution in [-0.2, 0) is 4.79 Å². The summed E-state index contributed by atoms with van der Waals surface area (Å²) < 4.78 is 0. The molecule has 1 rings (SSSR count). The zero-order chi connectivity index (χ0) is 11.1. The molecule has 1 fully saturated rings. The third kappa shape index (κ3) is 4.67. The Bertz CT molecular complexity index is 189. The van der Waals surface area contributed by atoms with E-state index < -0.39 is 5.97 Å². The molecule has 0 aromatic rings. The summed E-state index contributed by atoms with van der Waals surface area (Å²) in [5.41, 5.74) is 0. The molecule has 2 heteroatoms. The van der Waals surface area contributed by atoms with Crippen molar-refractivity contribution in [2.24, 2.45) is 11.8 Å². The molecule has 1 saturated carbocycles. The summed E-state index contributed by atoms with van der Waals surface area (Å²) in [6, 6.07) is 0. The van der Waals surface area contributed by atoms with Crippen molar-refractivity contribution in [3.63, 3.8) is 0 Å². The maximum Gasteiger partial charge on any atom is 0.306 e. The van der Waals surface area contributed by atoms with Crippen molar-refractivity contribution < 1.29 is 9.90 Å². The van der Waals surface area contributed by atoms with Gasteiger partial charge in [-0.1, -0.05) is 45.4 Å². The summed E-state index contributed by atoms with van der Waals surface area (Å²) in [6.45, 7) is 2.22. The van der Waals surface area contributed by atoms with E-state index in [1.54, 1.807) is 0 Å². The van der Waals surface area contributed by atoms with Crippen molar-refractivity contribution in [3.05, 3.63) is 0 Å². The average molecular weight is 212 g/mol. The highest BCUT2D eigenvalue weighted by atomic mass is 16.4. The summed E-state index contributed by atoms with van der Waals surface area (Å²) in [5.74, 6) is 0.143. The normalized spacial score (nSPS) is 28.9. The Hall–Kier alpha value is -0.530. The average Bonchev–Trinajstić information content (AvgIpc) is 2.30. The minimum Gasteiger partial charge on any atom is -0.481 e. The molecule has 0 saturated heterocycles. The SMILES string of the molecule is CCCC1CCCCCC(C(=O)O)CC1. The second-order valence-electron chi connectivity index (χ2n) is 4.91. The van der Waals surface area contributed by atoms with E-state index in [0.717, 1.165) is 31.6 Å². The first kappa shape index (κ1) is 12.5. The van der Waals surface area contributed by atoms with Gasteiger partial charge in [-0.25, -0.2) is 0 Å². The molecule has 0 aliphatic heterocycles.